The molecule has 2 N–H and O–H groups in total. The number of hydrogen-bond donors (Lipinski definition) is 2. The van der Waals surface area contributed by atoms with Crippen molar-refractivity contribution in [3.8, 4) is 11.1 Å². The SMILES string of the molecule is CCCS(=O)(=O)NC1CCCC1(O)c1ccc(-c2ccccc2)cc1. The summed E-state index contributed by atoms with van der Waals surface area (Å²) < 4.78 is 27.0. The minimum atomic E-state index is -3.36. The maximum Gasteiger partial charge on any atom is 0.211 e. The fraction of sp³-hybridized carbons (Fsp3) is 0.400. The molecule has 134 valence electrons. The van der Waals surface area contributed by atoms with E-state index in [9.17, 15) is 13.5 Å². The number of sulfonamides is 1. The Hall–Kier alpha value is -1.69. The minimum Gasteiger partial charge on any atom is -0.383 e. The van der Waals surface area contributed by atoms with E-state index in [1.54, 1.807) is 0 Å². The Kier molecular flexibility index (Phi) is 5.27. The van der Waals surface area contributed by atoms with Crippen LogP contribution >= 0.6 is 0 Å². The van der Waals surface area contributed by atoms with E-state index in [1.165, 1.54) is 0 Å². The molecule has 2 atom stereocenters. The predicted molar refractivity (Wildman–Crippen MR) is 101 cm³/mol. The van der Waals surface area contributed by atoms with Crippen LogP contribution in [0.25, 0.3) is 11.1 Å². The zero-order chi connectivity index (χ0) is 17.9. The molecule has 1 aliphatic carbocycles. The molecule has 1 aliphatic rings. The van der Waals surface area contributed by atoms with Crippen LogP contribution in [0, 0.1) is 0 Å². The normalized spacial score (nSPS) is 23.7. The third-order valence-electron chi connectivity index (χ3n) is 4.91. The van der Waals surface area contributed by atoms with E-state index in [1.807, 2.05) is 61.5 Å². The van der Waals surface area contributed by atoms with E-state index < -0.39 is 21.7 Å². The molecule has 0 radical (unpaired) electrons. The summed E-state index contributed by atoms with van der Waals surface area (Å²) in [5.41, 5.74) is 1.83. The summed E-state index contributed by atoms with van der Waals surface area (Å²) in [5.74, 6) is 0.0898. The molecule has 0 heterocycles. The van der Waals surface area contributed by atoms with Gasteiger partial charge in [-0.2, -0.15) is 0 Å². The first-order valence-electron chi connectivity index (χ1n) is 8.83. The highest BCUT2D eigenvalue weighted by Gasteiger charge is 2.44. The molecule has 0 spiro atoms. The average molecular weight is 359 g/mol. The Morgan fingerprint density at radius 3 is 2.36 bits per heavy atom. The van der Waals surface area contributed by atoms with Crippen LogP contribution in [0.15, 0.2) is 54.6 Å². The van der Waals surface area contributed by atoms with Gasteiger partial charge in [-0.15, -0.1) is 0 Å². The molecule has 3 rings (SSSR count). The van der Waals surface area contributed by atoms with Gasteiger partial charge >= 0.3 is 0 Å². The quantitative estimate of drug-likeness (QED) is 0.830. The highest BCUT2D eigenvalue weighted by atomic mass is 32.2. The first-order valence-corrected chi connectivity index (χ1v) is 10.5. The number of rotatable bonds is 6. The van der Waals surface area contributed by atoms with Crippen molar-refractivity contribution in [2.45, 2.75) is 44.2 Å². The number of benzene rings is 2. The molecule has 0 amide bonds. The summed E-state index contributed by atoms with van der Waals surface area (Å²) in [6.45, 7) is 1.84. The summed E-state index contributed by atoms with van der Waals surface area (Å²) in [7, 11) is -3.36. The van der Waals surface area contributed by atoms with Crippen LogP contribution in [0.2, 0.25) is 0 Å². The van der Waals surface area contributed by atoms with Crippen molar-refractivity contribution < 1.29 is 13.5 Å². The number of nitrogens with one attached hydrogen (secondary N) is 1. The molecule has 2 aromatic carbocycles. The molecule has 1 saturated carbocycles. The minimum absolute atomic E-state index is 0.0898. The molecular formula is C20H25NO3S. The van der Waals surface area contributed by atoms with E-state index >= 15 is 0 Å². The lowest BCUT2D eigenvalue weighted by Gasteiger charge is -2.31. The molecule has 4 nitrogen and oxygen atoms in total. The van der Waals surface area contributed by atoms with Crippen LogP contribution in [0.1, 0.15) is 38.2 Å². The van der Waals surface area contributed by atoms with Gasteiger partial charge < -0.3 is 5.11 Å². The van der Waals surface area contributed by atoms with Crippen LogP contribution in [0.5, 0.6) is 0 Å². The van der Waals surface area contributed by atoms with Gasteiger partial charge in [-0.1, -0.05) is 61.5 Å². The van der Waals surface area contributed by atoms with Gasteiger partial charge in [0.15, 0.2) is 0 Å². The molecule has 1 fully saturated rings. The lowest BCUT2D eigenvalue weighted by molar-refractivity contribution is 0.0231. The van der Waals surface area contributed by atoms with Crippen LogP contribution in [-0.4, -0.2) is 25.3 Å². The summed E-state index contributed by atoms with van der Waals surface area (Å²) in [5, 5.41) is 11.2. The number of aliphatic hydroxyl groups is 1. The van der Waals surface area contributed by atoms with Crippen molar-refractivity contribution in [3.05, 3.63) is 60.2 Å². The summed E-state index contributed by atoms with van der Waals surface area (Å²) >= 11 is 0. The van der Waals surface area contributed by atoms with E-state index in [-0.39, 0.29) is 5.75 Å². The maximum absolute atomic E-state index is 12.1. The summed E-state index contributed by atoms with van der Waals surface area (Å²) in [4.78, 5) is 0. The molecule has 2 aromatic rings. The lowest BCUT2D eigenvalue weighted by Crippen LogP contribution is -2.47. The Balaban J connectivity index is 1.84. The van der Waals surface area contributed by atoms with Gasteiger partial charge in [0, 0.05) is 0 Å². The van der Waals surface area contributed by atoms with Gasteiger partial charge in [-0.3, -0.25) is 0 Å². The molecule has 0 aromatic heterocycles. The van der Waals surface area contributed by atoms with Crippen LogP contribution in [-0.2, 0) is 15.6 Å². The zero-order valence-electron chi connectivity index (χ0n) is 14.5. The second-order valence-corrected chi connectivity index (χ2v) is 8.62. The fourth-order valence-electron chi connectivity index (χ4n) is 3.62. The third-order valence-corrected chi connectivity index (χ3v) is 6.50. The van der Waals surface area contributed by atoms with Crippen molar-refractivity contribution in [1.82, 2.24) is 4.72 Å². The zero-order valence-corrected chi connectivity index (χ0v) is 15.3. The summed E-state index contributed by atoms with van der Waals surface area (Å²) in [6.07, 6.45) is 2.58. The first kappa shape index (κ1) is 18.1. The van der Waals surface area contributed by atoms with Crippen molar-refractivity contribution in [2.75, 3.05) is 5.75 Å². The van der Waals surface area contributed by atoms with Crippen LogP contribution in [0.3, 0.4) is 0 Å². The Morgan fingerprint density at radius 1 is 1.08 bits per heavy atom. The molecule has 5 heteroatoms. The largest absolute Gasteiger partial charge is 0.383 e. The van der Waals surface area contributed by atoms with Gasteiger partial charge in [0.2, 0.25) is 10.0 Å². The van der Waals surface area contributed by atoms with Crippen molar-refractivity contribution in [2.24, 2.45) is 0 Å². The fourth-order valence-corrected chi connectivity index (χ4v) is 5.02. The molecule has 0 aliphatic heterocycles. The molecule has 0 saturated heterocycles. The highest BCUT2D eigenvalue weighted by molar-refractivity contribution is 7.89. The van der Waals surface area contributed by atoms with Crippen LogP contribution in [0.4, 0.5) is 0 Å². The van der Waals surface area contributed by atoms with Crippen molar-refractivity contribution in [1.29, 1.82) is 0 Å². The molecule has 2 unspecified atom stereocenters. The van der Waals surface area contributed by atoms with Gasteiger partial charge in [0.25, 0.3) is 0 Å². The molecule has 0 bridgehead atoms. The number of hydrogen-bond acceptors (Lipinski definition) is 3. The van der Waals surface area contributed by atoms with Crippen molar-refractivity contribution >= 4 is 10.0 Å². The first-order chi connectivity index (χ1) is 11.9. The topological polar surface area (TPSA) is 66.4 Å². The Morgan fingerprint density at radius 2 is 1.72 bits per heavy atom. The van der Waals surface area contributed by atoms with Gasteiger partial charge in [-0.25, -0.2) is 13.1 Å². The Labute approximate surface area is 150 Å². The maximum atomic E-state index is 12.1. The van der Waals surface area contributed by atoms with Gasteiger partial charge in [0.1, 0.15) is 5.60 Å². The standard InChI is InChI=1S/C20H25NO3S/c1-2-15-25(23,24)21-19-9-6-14-20(19,22)18-12-10-17(11-13-18)16-7-4-3-5-8-16/h3-5,7-8,10-13,19,21-22H,2,6,9,14-15H2,1H3. The smallest absolute Gasteiger partial charge is 0.211 e. The summed E-state index contributed by atoms with van der Waals surface area (Å²) in [6, 6.07) is 17.4. The second kappa shape index (κ2) is 7.28. The van der Waals surface area contributed by atoms with Gasteiger partial charge in [-0.05, 0) is 42.4 Å². The van der Waals surface area contributed by atoms with E-state index in [2.05, 4.69) is 4.72 Å². The highest BCUT2D eigenvalue weighted by Crippen LogP contribution is 2.40. The van der Waals surface area contributed by atoms with Crippen LogP contribution < -0.4 is 4.72 Å². The predicted octanol–water partition coefficient (Wildman–Crippen LogP) is 3.42. The molecule has 25 heavy (non-hydrogen) atoms. The molecular weight excluding hydrogens is 334 g/mol. The Bertz CT molecular complexity index is 803. The monoisotopic (exact) mass is 359 g/mol. The lowest BCUT2D eigenvalue weighted by atomic mass is 9.88. The second-order valence-electron chi connectivity index (χ2n) is 6.75. The van der Waals surface area contributed by atoms with Gasteiger partial charge in [0.05, 0.1) is 11.8 Å². The third kappa shape index (κ3) is 3.94. The average Bonchev–Trinajstić information content (AvgIpc) is 2.97. The van der Waals surface area contributed by atoms with Crippen molar-refractivity contribution in [3.63, 3.8) is 0 Å². The van der Waals surface area contributed by atoms with E-state index in [0.717, 1.165) is 23.1 Å². The van der Waals surface area contributed by atoms with E-state index in [4.69, 9.17) is 0 Å². The van der Waals surface area contributed by atoms with E-state index in [0.29, 0.717) is 19.3 Å².